The molecular formula is C20H31N3O4S. The molecule has 8 heteroatoms. The number of nitrogens with one attached hydrogen (secondary N) is 1. The number of amides is 1. The summed E-state index contributed by atoms with van der Waals surface area (Å²) in [6.45, 7) is 7.20. The van der Waals surface area contributed by atoms with Gasteiger partial charge in [0.2, 0.25) is 15.9 Å². The molecule has 0 aliphatic carbocycles. The standard InChI is InChI=1S/C20H31N3O4S/c1-3-27-18-9-8-17(13-19(18)28(25,26)23-11-4-5-12-23)21-14-20(24)22-10-6-7-16(2)15-22/h8-9,13,16,21H,3-7,10-12,14-15H2,1-2H3. The molecule has 28 heavy (non-hydrogen) atoms. The van der Waals surface area contributed by atoms with E-state index in [0.29, 0.717) is 37.1 Å². The molecule has 1 unspecified atom stereocenters. The Labute approximate surface area is 168 Å². The molecule has 1 atom stereocenters. The van der Waals surface area contributed by atoms with Crippen LogP contribution in [0.15, 0.2) is 23.1 Å². The molecule has 1 N–H and O–H groups in total. The second-order valence-corrected chi connectivity index (χ2v) is 9.55. The lowest BCUT2D eigenvalue weighted by atomic mass is 10.0. The van der Waals surface area contributed by atoms with Crippen LogP contribution in [0.3, 0.4) is 0 Å². The SMILES string of the molecule is CCOc1ccc(NCC(=O)N2CCCC(C)C2)cc1S(=O)(=O)N1CCCC1. The van der Waals surface area contributed by atoms with Gasteiger partial charge in [-0.2, -0.15) is 4.31 Å². The number of carbonyl (C=O) groups excluding carboxylic acids is 1. The smallest absolute Gasteiger partial charge is 0.246 e. The number of hydrogen-bond donors (Lipinski definition) is 1. The van der Waals surface area contributed by atoms with E-state index in [1.54, 1.807) is 18.2 Å². The summed E-state index contributed by atoms with van der Waals surface area (Å²) in [6, 6.07) is 5.02. The third-order valence-electron chi connectivity index (χ3n) is 5.38. The molecule has 0 radical (unpaired) electrons. The minimum atomic E-state index is -3.61. The van der Waals surface area contributed by atoms with Gasteiger partial charge in [0.15, 0.2) is 0 Å². The van der Waals surface area contributed by atoms with Gasteiger partial charge in [-0.25, -0.2) is 8.42 Å². The van der Waals surface area contributed by atoms with Crippen molar-refractivity contribution in [3.8, 4) is 5.75 Å². The first kappa shape index (κ1) is 20.9. The highest BCUT2D eigenvalue weighted by Crippen LogP contribution is 2.31. The third kappa shape index (κ3) is 4.78. The fourth-order valence-electron chi connectivity index (χ4n) is 3.87. The van der Waals surface area contributed by atoms with Gasteiger partial charge < -0.3 is 15.0 Å². The van der Waals surface area contributed by atoms with Crippen molar-refractivity contribution in [3.05, 3.63) is 18.2 Å². The summed E-state index contributed by atoms with van der Waals surface area (Å²) < 4.78 is 33.2. The molecule has 3 rings (SSSR count). The Morgan fingerprint density at radius 2 is 1.96 bits per heavy atom. The maximum absolute atomic E-state index is 13.0. The number of piperidine rings is 1. The minimum Gasteiger partial charge on any atom is -0.492 e. The largest absolute Gasteiger partial charge is 0.492 e. The Morgan fingerprint density at radius 1 is 1.21 bits per heavy atom. The third-order valence-corrected chi connectivity index (χ3v) is 7.30. The first-order valence-corrected chi connectivity index (χ1v) is 11.6. The number of rotatable bonds is 7. The monoisotopic (exact) mass is 409 g/mol. The fraction of sp³-hybridized carbons (Fsp3) is 0.650. The topological polar surface area (TPSA) is 79.0 Å². The zero-order valence-electron chi connectivity index (χ0n) is 16.8. The van der Waals surface area contributed by atoms with Crippen molar-refractivity contribution in [2.45, 2.75) is 44.4 Å². The zero-order valence-corrected chi connectivity index (χ0v) is 17.6. The number of anilines is 1. The van der Waals surface area contributed by atoms with Gasteiger partial charge in [-0.15, -0.1) is 0 Å². The Morgan fingerprint density at radius 3 is 2.64 bits per heavy atom. The van der Waals surface area contributed by atoms with Crippen molar-refractivity contribution >= 4 is 21.6 Å². The lowest BCUT2D eigenvalue weighted by Gasteiger charge is -2.31. The molecule has 2 aliphatic rings. The van der Waals surface area contributed by atoms with Gasteiger partial charge in [-0.3, -0.25) is 4.79 Å². The van der Waals surface area contributed by atoms with Gasteiger partial charge in [0, 0.05) is 31.9 Å². The second kappa shape index (κ2) is 9.13. The summed E-state index contributed by atoms with van der Waals surface area (Å²) in [5.74, 6) is 0.931. The number of likely N-dealkylation sites (tertiary alicyclic amines) is 1. The van der Waals surface area contributed by atoms with E-state index >= 15 is 0 Å². The lowest BCUT2D eigenvalue weighted by molar-refractivity contribution is -0.130. The van der Waals surface area contributed by atoms with E-state index in [9.17, 15) is 13.2 Å². The maximum Gasteiger partial charge on any atom is 0.246 e. The second-order valence-electron chi connectivity index (χ2n) is 7.65. The first-order valence-electron chi connectivity index (χ1n) is 10.2. The molecule has 2 saturated heterocycles. The van der Waals surface area contributed by atoms with Crippen LogP contribution in [0, 0.1) is 5.92 Å². The van der Waals surface area contributed by atoms with Crippen molar-refractivity contribution in [2.75, 3.05) is 44.6 Å². The lowest BCUT2D eigenvalue weighted by Crippen LogP contribution is -2.41. The number of ether oxygens (including phenoxy) is 1. The van der Waals surface area contributed by atoms with Crippen LogP contribution in [0.2, 0.25) is 0 Å². The summed E-state index contributed by atoms with van der Waals surface area (Å²) in [4.78, 5) is 14.5. The number of sulfonamides is 1. The average molecular weight is 410 g/mol. The van der Waals surface area contributed by atoms with Crippen LogP contribution in [0.4, 0.5) is 5.69 Å². The van der Waals surface area contributed by atoms with Crippen LogP contribution in [0.5, 0.6) is 5.75 Å². The summed E-state index contributed by atoms with van der Waals surface area (Å²) in [6.07, 6.45) is 3.95. The van der Waals surface area contributed by atoms with Gasteiger partial charge in [0.05, 0.1) is 13.2 Å². The average Bonchev–Trinajstić information content (AvgIpc) is 3.23. The van der Waals surface area contributed by atoms with Gasteiger partial charge in [0.1, 0.15) is 10.6 Å². The molecule has 0 aromatic heterocycles. The number of benzene rings is 1. The summed E-state index contributed by atoms with van der Waals surface area (Å²) in [5.41, 5.74) is 0.611. The molecular weight excluding hydrogens is 378 g/mol. The normalized spacial score (nSPS) is 20.9. The van der Waals surface area contributed by atoms with Crippen LogP contribution in [0.1, 0.15) is 39.5 Å². The number of nitrogens with zero attached hydrogens (tertiary/aromatic N) is 2. The molecule has 0 spiro atoms. The molecule has 0 saturated carbocycles. The van der Waals surface area contributed by atoms with Crippen LogP contribution < -0.4 is 10.1 Å². The van der Waals surface area contributed by atoms with Gasteiger partial charge in [0.25, 0.3) is 0 Å². The van der Waals surface area contributed by atoms with Crippen LogP contribution >= 0.6 is 0 Å². The van der Waals surface area contributed by atoms with Crippen LogP contribution in [0.25, 0.3) is 0 Å². The molecule has 1 aromatic rings. The molecule has 7 nitrogen and oxygen atoms in total. The highest BCUT2D eigenvalue weighted by Gasteiger charge is 2.30. The van der Waals surface area contributed by atoms with Crippen molar-refractivity contribution in [2.24, 2.45) is 5.92 Å². The molecule has 0 bridgehead atoms. The van der Waals surface area contributed by atoms with Crippen molar-refractivity contribution in [1.82, 2.24) is 9.21 Å². The van der Waals surface area contributed by atoms with Crippen molar-refractivity contribution in [1.29, 1.82) is 0 Å². The van der Waals surface area contributed by atoms with Crippen molar-refractivity contribution < 1.29 is 17.9 Å². The van der Waals surface area contributed by atoms with Gasteiger partial charge in [-0.05, 0) is 56.7 Å². The highest BCUT2D eigenvalue weighted by molar-refractivity contribution is 7.89. The Bertz CT molecular complexity index is 791. The Hall–Kier alpha value is -1.80. The molecule has 156 valence electrons. The number of hydrogen-bond acceptors (Lipinski definition) is 5. The molecule has 1 amide bonds. The fourth-order valence-corrected chi connectivity index (χ4v) is 5.54. The summed E-state index contributed by atoms with van der Waals surface area (Å²) in [5, 5.41) is 3.10. The van der Waals surface area contributed by atoms with E-state index in [4.69, 9.17) is 4.74 Å². The van der Waals surface area contributed by atoms with E-state index in [-0.39, 0.29) is 17.3 Å². The molecule has 2 aliphatic heterocycles. The highest BCUT2D eigenvalue weighted by atomic mass is 32.2. The first-order chi connectivity index (χ1) is 13.4. The van der Waals surface area contributed by atoms with Crippen molar-refractivity contribution in [3.63, 3.8) is 0 Å². The Kier molecular flexibility index (Phi) is 6.82. The quantitative estimate of drug-likeness (QED) is 0.749. The maximum atomic E-state index is 13.0. The van der Waals surface area contributed by atoms with E-state index in [0.717, 1.165) is 38.8 Å². The van der Waals surface area contributed by atoms with E-state index in [2.05, 4.69) is 12.2 Å². The predicted molar refractivity (Wildman–Crippen MR) is 109 cm³/mol. The van der Waals surface area contributed by atoms with Gasteiger partial charge >= 0.3 is 0 Å². The van der Waals surface area contributed by atoms with Crippen LogP contribution in [-0.4, -0.2) is 62.9 Å². The minimum absolute atomic E-state index is 0.0457. The summed E-state index contributed by atoms with van der Waals surface area (Å²) >= 11 is 0. The molecule has 2 fully saturated rings. The predicted octanol–water partition coefficient (Wildman–Crippen LogP) is 2.54. The van der Waals surface area contributed by atoms with E-state index in [1.807, 2.05) is 11.8 Å². The Balaban J connectivity index is 1.74. The van der Waals surface area contributed by atoms with Crippen LogP contribution in [-0.2, 0) is 14.8 Å². The van der Waals surface area contributed by atoms with E-state index in [1.165, 1.54) is 4.31 Å². The molecule has 1 aromatic carbocycles. The van der Waals surface area contributed by atoms with E-state index < -0.39 is 10.0 Å². The van der Waals surface area contributed by atoms with Gasteiger partial charge in [-0.1, -0.05) is 6.92 Å². The molecule has 2 heterocycles. The summed E-state index contributed by atoms with van der Waals surface area (Å²) in [7, 11) is -3.61. The number of carbonyl (C=O) groups is 1. The zero-order chi connectivity index (χ0) is 20.1.